The highest BCUT2D eigenvalue weighted by molar-refractivity contribution is 6.09. The number of para-hydroxylation sites is 1. The zero-order valence-corrected chi connectivity index (χ0v) is 16.0. The van der Waals surface area contributed by atoms with Crippen molar-refractivity contribution >= 4 is 23.5 Å². The van der Waals surface area contributed by atoms with Gasteiger partial charge in [-0.2, -0.15) is 0 Å². The normalized spacial score (nSPS) is 19.9. The monoisotopic (exact) mass is 372 g/mol. The summed E-state index contributed by atoms with van der Waals surface area (Å²) in [7, 11) is 0. The fourth-order valence-electron chi connectivity index (χ4n) is 3.83. The van der Waals surface area contributed by atoms with E-state index in [0.29, 0.717) is 32.0 Å². The second-order valence-corrected chi connectivity index (χ2v) is 7.28. The van der Waals surface area contributed by atoms with Crippen molar-refractivity contribution in [1.82, 2.24) is 15.1 Å². The Hall–Kier alpha value is -2.57. The summed E-state index contributed by atoms with van der Waals surface area (Å²) < 4.78 is 0. The van der Waals surface area contributed by atoms with E-state index in [2.05, 4.69) is 10.6 Å². The van der Waals surface area contributed by atoms with Gasteiger partial charge < -0.3 is 15.5 Å². The van der Waals surface area contributed by atoms with Crippen LogP contribution in [0, 0.1) is 0 Å². The number of nitrogens with zero attached hydrogens (tertiary/aromatic N) is 2. The minimum absolute atomic E-state index is 0.167. The van der Waals surface area contributed by atoms with Crippen molar-refractivity contribution in [1.29, 1.82) is 0 Å². The van der Waals surface area contributed by atoms with Crippen LogP contribution in [0.2, 0.25) is 0 Å². The summed E-state index contributed by atoms with van der Waals surface area (Å²) in [5.74, 6) is -0.453. The third-order valence-electron chi connectivity index (χ3n) is 5.74. The van der Waals surface area contributed by atoms with Crippen LogP contribution in [-0.4, -0.2) is 58.9 Å². The van der Waals surface area contributed by atoms with Gasteiger partial charge in [-0.05, 0) is 37.8 Å². The SMILES string of the molecule is CCC1(CC)NC(=O)N(CC(=O)N2CCC(Nc3ccccc3)CC2)C1=O. The van der Waals surface area contributed by atoms with Gasteiger partial charge in [0.2, 0.25) is 5.91 Å². The van der Waals surface area contributed by atoms with Crippen LogP contribution in [-0.2, 0) is 9.59 Å². The van der Waals surface area contributed by atoms with Crippen LogP contribution in [0.15, 0.2) is 30.3 Å². The van der Waals surface area contributed by atoms with E-state index < -0.39 is 11.6 Å². The standard InChI is InChI=1S/C20H28N4O3/c1-3-20(4-2)18(26)24(19(27)22-20)14-17(25)23-12-10-16(11-13-23)21-15-8-6-5-7-9-15/h5-9,16,21H,3-4,10-14H2,1-2H3,(H,22,27). The van der Waals surface area contributed by atoms with Gasteiger partial charge in [0.05, 0.1) is 0 Å². The molecule has 2 N–H and O–H groups in total. The molecule has 1 aromatic carbocycles. The molecule has 27 heavy (non-hydrogen) atoms. The van der Waals surface area contributed by atoms with Gasteiger partial charge in [-0.3, -0.25) is 14.5 Å². The number of nitrogens with one attached hydrogen (secondary N) is 2. The molecule has 3 rings (SSSR count). The maximum Gasteiger partial charge on any atom is 0.325 e. The third kappa shape index (κ3) is 3.91. The quantitative estimate of drug-likeness (QED) is 0.750. The molecule has 0 aromatic heterocycles. The predicted octanol–water partition coefficient (Wildman–Crippen LogP) is 2.20. The zero-order chi connectivity index (χ0) is 19.4. The van der Waals surface area contributed by atoms with Crippen molar-refractivity contribution in [2.24, 2.45) is 0 Å². The third-order valence-corrected chi connectivity index (χ3v) is 5.74. The molecule has 0 saturated carbocycles. The number of piperidine rings is 1. The van der Waals surface area contributed by atoms with Crippen molar-refractivity contribution in [2.45, 2.75) is 51.1 Å². The Morgan fingerprint density at radius 1 is 1.15 bits per heavy atom. The Labute approximate surface area is 160 Å². The molecule has 0 spiro atoms. The molecule has 0 atom stereocenters. The highest BCUT2D eigenvalue weighted by Crippen LogP contribution is 2.25. The lowest BCUT2D eigenvalue weighted by molar-refractivity contribution is -0.139. The molecule has 0 bridgehead atoms. The molecule has 7 heteroatoms. The maximum atomic E-state index is 12.6. The number of carbonyl (C=O) groups is 3. The molecule has 0 unspecified atom stereocenters. The summed E-state index contributed by atoms with van der Waals surface area (Å²) in [5.41, 5.74) is 0.223. The number of carbonyl (C=O) groups excluding carboxylic acids is 3. The van der Waals surface area contributed by atoms with Gasteiger partial charge in [0, 0.05) is 24.8 Å². The molecule has 2 fully saturated rings. The topological polar surface area (TPSA) is 81.8 Å². The number of benzene rings is 1. The van der Waals surface area contributed by atoms with Crippen LogP contribution in [0.4, 0.5) is 10.5 Å². The first-order valence-electron chi connectivity index (χ1n) is 9.72. The van der Waals surface area contributed by atoms with Crippen molar-refractivity contribution in [3.63, 3.8) is 0 Å². The molecule has 2 aliphatic rings. The number of hydrogen-bond acceptors (Lipinski definition) is 4. The number of likely N-dealkylation sites (tertiary alicyclic amines) is 1. The summed E-state index contributed by atoms with van der Waals surface area (Å²) >= 11 is 0. The number of imide groups is 1. The molecule has 0 aliphatic carbocycles. The van der Waals surface area contributed by atoms with Crippen molar-refractivity contribution in [3.8, 4) is 0 Å². The van der Waals surface area contributed by atoms with Crippen molar-refractivity contribution in [3.05, 3.63) is 30.3 Å². The van der Waals surface area contributed by atoms with Crippen LogP contribution in [0.3, 0.4) is 0 Å². The van der Waals surface area contributed by atoms with E-state index in [1.807, 2.05) is 44.2 Å². The zero-order valence-electron chi connectivity index (χ0n) is 16.0. The predicted molar refractivity (Wildman–Crippen MR) is 103 cm³/mol. The Balaban J connectivity index is 1.52. The van der Waals surface area contributed by atoms with E-state index >= 15 is 0 Å². The molecule has 2 aliphatic heterocycles. The lowest BCUT2D eigenvalue weighted by Gasteiger charge is -2.33. The van der Waals surface area contributed by atoms with E-state index in [4.69, 9.17) is 0 Å². The summed E-state index contributed by atoms with van der Waals surface area (Å²) in [5, 5.41) is 6.25. The van der Waals surface area contributed by atoms with E-state index in [9.17, 15) is 14.4 Å². The minimum atomic E-state index is -0.857. The highest BCUT2D eigenvalue weighted by Gasteiger charge is 2.49. The summed E-state index contributed by atoms with van der Waals surface area (Å²) in [6.07, 6.45) is 2.73. The second-order valence-electron chi connectivity index (χ2n) is 7.28. The number of urea groups is 1. The van der Waals surface area contributed by atoms with E-state index in [1.54, 1.807) is 4.90 Å². The molecule has 2 heterocycles. The molecule has 0 radical (unpaired) electrons. The van der Waals surface area contributed by atoms with E-state index in [0.717, 1.165) is 23.4 Å². The Morgan fingerprint density at radius 2 is 1.78 bits per heavy atom. The van der Waals surface area contributed by atoms with Gasteiger partial charge in [-0.15, -0.1) is 0 Å². The molecule has 1 aromatic rings. The second kappa shape index (κ2) is 7.98. The molecular formula is C20H28N4O3. The molecular weight excluding hydrogens is 344 g/mol. The minimum Gasteiger partial charge on any atom is -0.382 e. The van der Waals surface area contributed by atoms with Gasteiger partial charge in [-0.1, -0.05) is 32.0 Å². The average Bonchev–Trinajstić information content (AvgIpc) is 2.94. The highest BCUT2D eigenvalue weighted by atomic mass is 16.2. The van der Waals surface area contributed by atoms with Gasteiger partial charge in [0.15, 0.2) is 0 Å². The first-order valence-corrected chi connectivity index (χ1v) is 9.72. The number of amides is 4. The first kappa shape index (κ1) is 19.2. The smallest absolute Gasteiger partial charge is 0.325 e. The summed E-state index contributed by atoms with van der Waals surface area (Å²) in [6.45, 7) is 4.82. The van der Waals surface area contributed by atoms with Crippen LogP contribution in [0.1, 0.15) is 39.5 Å². The number of rotatable bonds is 6. The lowest BCUT2D eigenvalue weighted by atomic mass is 9.93. The molecule has 4 amide bonds. The summed E-state index contributed by atoms with van der Waals surface area (Å²) in [6, 6.07) is 9.88. The molecule has 2 saturated heterocycles. The lowest BCUT2D eigenvalue weighted by Crippen LogP contribution is -2.49. The van der Waals surface area contributed by atoms with Gasteiger partial charge in [-0.25, -0.2) is 4.79 Å². The molecule has 7 nitrogen and oxygen atoms in total. The molecule has 146 valence electrons. The van der Waals surface area contributed by atoms with Crippen LogP contribution < -0.4 is 10.6 Å². The van der Waals surface area contributed by atoms with Gasteiger partial charge >= 0.3 is 6.03 Å². The van der Waals surface area contributed by atoms with Crippen LogP contribution in [0.25, 0.3) is 0 Å². The fraction of sp³-hybridized carbons (Fsp3) is 0.550. The van der Waals surface area contributed by atoms with Crippen molar-refractivity contribution in [2.75, 3.05) is 25.0 Å². The van der Waals surface area contributed by atoms with Crippen molar-refractivity contribution < 1.29 is 14.4 Å². The van der Waals surface area contributed by atoms with E-state index in [1.165, 1.54) is 0 Å². The first-order chi connectivity index (χ1) is 13.0. The van der Waals surface area contributed by atoms with Gasteiger partial charge in [0.25, 0.3) is 5.91 Å². The van der Waals surface area contributed by atoms with Crippen LogP contribution >= 0.6 is 0 Å². The average molecular weight is 372 g/mol. The number of anilines is 1. The van der Waals surface area contributed by atoms with E-state index in [-0.39, 0.29) is 18.4 Å². The Bertz CT molecular complexity index is 694. The van der Waals surface area contributed by atoms with Crippen LogP contribution in [0.5, 0.6) is 0 Å². The van der Waals surface area contributed by atoms with Gasteiger partial charge in [0.1, 0.15) is 12.1 Å². The number of hydrogen-bond donors (Lipinski definition) is 2. The Kier molecular flexibility index (Phi) is 5.68. The largest absolute Gasteiger partial charge is 0.382 e. The fourth-order valence-corrected chi connectivity index (χ4v) is 3.83. The summed E-state index contributed by atoms with van der Waals surface area (Å²) in [4.78, 5) is 40.3. The Morgan fingerprint density at radius 3 is 2.33 bits per heavy atom. The maximum absolute atomic E-state index is 12.6.